The van der Waals surface area contributed by atoms with Gasteiger partial charge in [-0.15, -0.1) is 13.2 Å². The summed E-state index contributed by atoms with van der Waals surface area (Å²) in [7, 11) is 1.52. The number of hydrogen-bond donors (Lipinski definition) is 0. The fourth-order valence-corrected chi connectivity index (χ4v) is 1.79. The highest BCUT2D eigenvalue weighted by Crippen LogP contribution is 2.31. The molecule has 0 atom stereocenters. The van der Waals surface area contributed by atoms with E-state index in [1.54, 1.807) is 36.4 Å². The van der Waals surface area contributed by atoms with E-state index >= 15 is 0 Å². The molecule has 0 aliphatic carbocycles. The van der Waals surface area contributed by atoms with Crippen LogP contribution in [0.25, 0.3) is 11.1 Å². The molecule has 0 aliphatic heterocycles. The summed E-state index contributed by atoms with van der Waals surface area (Å²) in [5.41, 5.74) is 1.02. The van der Waals surface area contributed by atoms with Crippen molar-refractivity contribution < 1.29 is 22.6 Å². The van der Waals surface area contributed by atoms with Crippen molar-refractivity contribution >= 4 is 0 Å². The van der Waals surface area contributed by atoms with Gasteiger partial charge >= 0.3 is 6.36 Å². The molecule has 0 unspecified atom stereocenters. The highest BCUT2D eigenvalue weighted by molar-refractivity contribution is 5.67. The van der Waals surface area contributed by atoms with Crippen LogP contribution in [0.15, 0.2) is 42.5 Å². The van der Waals surface area contributed by atoms with E-state index in [9.17, 15) is 13.2 Å². The number of nitriles is 1. The first kappa shape index (κ1) is 14.7. The highest BCUT2D eigenvalue weighted by atomic mass is 19.4. The number of hydrogen-bond acceptors (Lipinski definition) is 3. The van der Waals surface area contributed by atoms with Gasteiger partial charge in [0, 0.05) is 0 Å². The lowest BCUT2D eigenvalue weighted by Gasteiger charge is -2.12. The molecule has 0 heterocycles. The van der Waals surface area contributed by atoms with E-state index in [4.69, 9.17) is 10.00 Å². The Hall–Kier alpha value is -2.68. The number of ether oxygens (including phenoxy) is 2. The SMILES string of the molecule is COc1ccc(-c2ccc(C#N)c(OC(F)(F)F)c2)cc1. The molecule has 0 saturated carbocycles. The third-order valence-corrected chi connectivity index (χ3v) is 2.75. The van der Waals surface area contributed by atoms with Crippen molar-refractivity contribution in [1.82, 2.24) is 0 Å². The smallest absolute Gasteiger partial charge is 0.497 e. The van der Waals surface area contributed by atoms with Crippen molar-refractivity contribution in [2.24, 2.45) is 0 Å². The minimum absolute atomic E-state index is 0.176. The molecule has 2 aromatic rings. The van der Waals surface area contributed by atoms with E-state index < -0.39 is 12.1 Å². The Labute approximate surface area is 119 Å². The Morgan fingerprint density at radius 3 is 2.14 bits per heavy atom. The summed E-state index contributed by atoms with van der Waals surface area (Å²) >= 11 is 0. The van der Waals surface area contributed by atoms with Crippen molar-refractivity contribution in [1.29, 1.82) is 5.26 Å². The van der Waals surface area contributed by atoms with Crippen LogP contribution >= 0.6 is 0 Å². The van der Waals surface area contributed by atoms with Crippen LogP contribution in [0.3, 0.4) is 0 Å². The van der Waals surface area contributed by atoms with E-state index in [0.717, 1.165) is 0 Å². The van der Waals surface area contributed by atoms with Crippen LogP contribution in [0.4, 0.5) is 13.2 Å². The molecule has 0 N–H and O–H groups in total. The van der Waals surface area contributed by atoms with E-state index in [1.807, 2.05) is 0 Å². The lowest BCUT2D eigenvalue weighted by atomic mass is 10.0. The summed E-state index contributed by atoms with van der Waals surface area (Å²) < 4.78 is 45.9. The van der Waals surface area contributed by atoms with Gasteiger partial charge in [-0.05, 0) is 35.4 Å². The van der Waals surface area contributed by atoms with Crippen molar-refractivity contribution in [2.75, 3.05) is 7.11 Å². The van der Waals surface area contributed by atoms with Gasteiger partial charge in [0.1, 0.15) is 17.6 Å². The third-order valence-electron chi connectivity index (χ3n) is 2.75. The zero-order valence-electron chi connectivity index (χ0n) is 10.9. The summed E-state index contributed by atoms with van der Waals surface area (Å²) in [4.78, 5) is 0. The normalized spacial score (nSPS) is 10.8. The van der Waals surface area contributed by atoms with E-state index in [0.29, 0.717) is 16.9 Å². The second-order valence-electron chi connectivity index (χ2n) is 4.10. The van der Waals surface area contributed by atoms with Crippen LogP contribution < -0.4 is 9.47 Å². The van der Waals surface area contributed by atoms with Crippen LogP contribution in [0.1, 0.15) is 5.56 Å². The van der Waals surface area contributed by atoms with Crippen LogP contribution in [0.5, 0.6) is 11.5 Å². The summed E-state index contributed by atoms with van der Waals surface area (Å²) in [6.07, 6.45) is -4.84. The second-order valence-corrected chi connectivity index (χ2v) is 4.10. The Bertz CT molecular complexity index is 673. The first-order chi connectivity index (χ1) is 9.93. The predicted octanol–water partition coefficient (Wildman–Crippen LogP) is 4.13. The van der Waals surface area contributed by atoms with Gasteiger partial charge in [0.25, 0.3) is 0 Å². The van der Waals surface area contributed by atoms with Crippen LogP contribution in [0.2, 0.25) is 0 Å². The molecular formula is C15H10F3NO2. The topological polar surface area (TPSA) is 42.2 Å². The number of nitrogens with zero attached hydrogens (tertiary/aromatic N) is 1. The fraction of sp³-hybridized carbons (Fsp3) is 0.133. The monoisotopic (exact) mass is 293 g/mol. The maximum Gasteiger partial charge on any atom is 0.573 e. The van der Waals surface area contributed by atoms with Gasteiger partial charge in [0.2, 0.25) is 0 Å². The first-order valence-electron chi connectivity index (χ1n) is 5.87. The average molecular weight is 293 g/mol. The highest BCUT2D eigenvalue weighted by Gasteiger charge is 2.32. The Morgan fingerprint density at radius 1 is 1.00 bits per heavy atom. The standard InChI is InChI=1S/C15H10F3NO2/c1-20-13-6-4-10(5-7-13)11-2-3-12(9-19)14(8-11)21-15(16,17)18/h2-8H,1H3. The molecule has 6 heteroatoms. The molecule has 0 aliphatic rings. The summed E-state index contributed by atoms with van der Waals surface area (Å²) in [6, 6.07) is 12.5. The lowest BCUT2D eigenvalue weighted by Crippen LogP contribution is -2.17. The number of halogens is 3. The minimum Gasteiger partial charge on any atom is -0.497 e. The number of methoxy groups -OCH3 is 1. The van der Waals surface area contributed by atoms with Crippen LogP contribution in [-0.2, 0) is 0 Å². The predicted molar refractivity (Wildman–Crippen MR) is 69.8 cm³/mol. The maximum atomic E-state index is 12.3. The fourth-order valence-electron chi connectivity index (χ4n) is 1.79. The van der Waals surface area contributed by atoms with Crippen molar-refractivity contribution in [2.45, 2.75) is 6.36 Å². The maximum absolute atomic E-state index is 12.3. The molecule has 0 saturated heterocycles. The summed E-state index contributed by atoms with van der Waals surface area (Å²) in [6.45, 7) is 0. The molecule has 0 fully saturated rings. The number of alkyl halides is 3. The van der Waals surface area contributed by atoms with E-state index in [1.165, 1.54) is 19.2 Å². The molecule has 0 amide bonds. The molecule has 0 bridgehead atoms. The van der Waals surface area contributed by atoms with Crippen LogP contribution in [-0.4, -0.2) is 13.5 Å². The number of benzene rings is 2. The van der Waals surface area contributed by atoms with Crippen LogP contribution in [0, 0.1) is 11.3 Å². The Balaban J connectivity index is 2.41. The second kappa shape index (κ2) is 5.75. The van der Waals surface area contributed by atoms with Gasteiger partial charge in [-0.1, -0.05) is 18.2 Å². The van der Waals surface area contributed by atoms with Gasteiger partial charge in [0.05, 0.1) is 12.7 Å². The summed E-state index contributed by atoms with van der Waals surface area (Å²) in [5, 5.41) is 8.83. The van der Waals surface area contributed by atoms with Gasteiger partial charge in [0.15, 0.2) is 0 Å². The average Bonchev–Trinajstić information content (AvgIpc) is 2.45. The molecule has 108 valence electrons. The van der Waals surface area contributed by atoms with E-state index in [2.05, 4.69) is 4.74 Å². The molecule has 0 spiro atoms. The first-order valence-corrected chi connectivity index (χ1v) is 5.87. The van der Waals surface area contributed by atoms with Gasteiger partial charge in [-0.2, -0.15) is 5.26 Å². The molecular weight excluding hydrogens is 283 g/mol. The lowest BCUT2D eigenvalue weighted by molar-refractivity contribution is -0.274. The van der Waals surface area contributed by atoms with Gasteiger partial charge < -0.3 is 9.47 Å². The molecule has 21 heavy (non-hydrogen) atoms. The zero-order valence-corrected chi connectivity index (χ0v) is 10.9. The Morgan fingerprint density at radius 2 is 1.62 bits per heavy atom. The zero-order chi connectivity index (χ0) is 15.5. The third kappa shape index (κ3) is 3.66. The summed E-state index contributed by atoms with van der Waals surface area (Å²) in [5.74, 6) is 0.123. The number of rotatable bonds is 3. The molecule has 0 aromatic heterocycles. The largest absolute Gasteiger partial charge is 0.573 e. The van der Waals surface area contributed by atoms with Crippen molar-refractivity contribution in [3.8, 4) is 28.7 Å². The molecule has 2 aromatic carbocycles. The quantitative estimate of drug-likeness (QED) is 0.854. The van der Waals surface area contributed by atoms with Gasteiger partial charge in [-0.25, -0.2) is 0 Å². The minimum atomic E-state index is -4.84. The van der Waals surface area contributed by atoms with E-state index in [-0.39, 0.29) is 5.56 Å². The molecule has 2 rings (SSSR count). The molecule has 3 nitrogen and oxygen atoms in total. The van der Waals surface area contributed by atoms with Crippen molar-refractivity contribution in [3.05, 3.63) is 48.0 Å². The Kier molecular flexibility index (Phi) is 4.03. The van der Waals surface area contributed by atoms with Crippen molar-refractivity contribution in [3.63, 3.8) is 0 Å². The van der Waals surface area contributed by atoms with Gasteiger partial charge in [-0.3, -0.25) is 0 Å². The molecule has 0 radical (unpaired) electrons.